The van der Waals surface area contributed by atoms with Gasteiger partial charge in [-0.05, 0) is 31.6 Å². The molecule has 0 aromatic heterocycles. The van der Waals surface area contributed by atoms with Crippen LogP contribution in [-0.4, -0.2) is 85.2 Å². The largest absolute Gasteiger partial charge is 0.510 e. The molecule has 0 radical (unpaired) electrons. The molecule has 1 aromatic rings. The van der Waals surface area contributed by atoms with E-state index in [1.807, 2.05) is 0 Å². The zero-order chi connectivity index (χ0) is 23.9. The number of aromatic hydroxyl groups is 1. The molecule has 1 aromatic carbocycles. The van der Waals surface area contributed by atoms with E-state index in [1.165, 1.54) is 25.1 Å². The minimum atomic E-state index is -2.89. The minimum absolute atomic E-state index is 0. The van der Waals surface area contributed by atoms with Crippen molar-refractivity contribution in [2.45, 2.75) is 30.6 Å². The number of nitrogens with two attached hydrogens (primary N) is 1. The van der Waals surface area contributed by atoms with Gasteiger partial charge in [0.1, 0.15) is 22.8 Å². The third kappa shape index (κ3) is 3.70. The van der Waals surface area contributed by atoms with Crippen molar-refractivity contribution < 1.29 is 45.4 Å². The third-order valence-corrected chi connectivity index (χ3v) is 7.00. The number of fused-ring (bicyclic) bond motifs is 3. The molecule has 0 aliphatic heterocycles. The summed E-state index contributed by atoms with van der Waals surface area (Å²) < 4.78 is 0. The Morgan fingerprint density at radius 3 is 2.20 bits per heavy atom. The molecule has 35 heavy (non-hydrogen) atoms. The highest BCUT2D eigenvalue weighted by Crippen LogP contribution is 2.55. The summed E-state index contributed by atoms with van der Waals surface area (Å²) in [4.78, 5) is 39.8. The van der Waals surface area contributed by atoms with Gasteiger partial charge in [0.05, 0.1) is 23.6 Å². The molecule has 1 amide bonds. The standard InChI is InChI=1S/C22H24N2O8.2ClH.H2O/c1-7-8-5-4-6-9(25)11(8)16(26)12-10(7)17(27)14-15(24(2)3)18(28)13(21(23)31)20(30)22(14,32)19(12)29;;;/h4-7,10,14-15,17,25,27-29,32H,1-3H3,(H2,23,31);2*1H;1H2/t7-,10+,14+,15-,17-,22-;;;/m0.../s1. The molecule has 0 saturated heterocycles. The number of ketones is 2. The van der Waals surface area contributed by atoms with E-state index in [0.717, 1.165) is 0 Å². The zero-order valence-electron chi connectivity index (χ0n) is 18.9. The number of Topliss-reactive ketones (excluding diaryl/α,β-unsaturated/α-hetero) is 2. The summed E-state index contributed by atoms with van der Waals surface area (Å²) in [5, 5.41) is 55.0. The number of hydrogen-bond acceptors (Lipinski definition) is 9. The lowest BCUT2D eigenvalue weighted by atomic mass is 9.55. The van der Waals surface area contributed by atoms with E-state index in [4.69, 9.17) is 5.73 Å². The third-order valence-electron chi connectivity index (χ3n) is 7.00. The maximum absolute atomic E-state index is 13.3. The Balaban J connectivity index is 0.00000204. The molecule has 0 fully saturated rings. The second-order valence-electron chi connectivity index (χ2n) is 8.79. The number of halogens is 2. The molecule has 194 valence electrons. The highest BCUT2D eigenvalue weighted by Gasteiger charge is 2.67. The topological polar surface area (TPSA) is 213 Å². The van der Waals surface area contributed by atoms with Gasteiger partial charge in [-0.25, -0.2) is 0 Å². The number of aliphatic hydroxyl groups is 4. The summed E-state index contributed by atoms with van der Waals surface area (Å²) in [6, 6.07) is 3.17. The molecule has 3 aliphatic carbocycles. The first-order valence-corrected chi connectivity index (χ1v) is 10.0. The molecule has 11 nitrogen and oxygen atoms in total. The number of rotatable bonds is 2. The summed E-state index contributed by atoms with van der Waals surface area (Å²) in [6.45, 7) is 1.68. The lowest BCUT2D eigenvalue weighted by Crippen LogP contribution is -2.68. The van der Waals surface area contributed by atoms with Crippen LogP contribution >= 0.6 is 24.8 Å². The normalized spacial score (nSPS) is 31.4. The lowest BCUT2D eigenvalue weighted by molar-refractivity contribution is -0.162. The maximum atomic E-state index is 13.3. The van der Waals surface area contributed by atoms with Crippen molar-refractivity contribution in [3.05, 3.63) is 52.0 Å². The molecule has 0 bridgehead atoms. The molecule has 0 heterocycles. The Morgan fingerprint density at radius 1 is 1.11 bits per heavy atom. The van der Waals surface area contributed by atoms with Crippen LogP contribution in [0.5, 0.6) is 5.75 Å². The smallest absolute Gasteiger partial charge is 0.255 e. The monoisotopic (exact) mass is 534 g/mol. The van der Waals surface area contributed by atoms with Gasteiger partial charge in [-0.3, -0.25) is 19.3 Å². The van der Waals surface area contributed by atoms with Crippen molar-refractivity contribution in [3.8, 4) is 5.75 Å². The van der Waals surface area contributed by atoms with E-state index in [1.54, 1.807) is 19.1 Å². The minimum Gasteiger partial charge on any atom is -0.510 e. The van der Waals surface area contributed by atoms with Gasteiger partial charge in [-0.1, -0.05) is 19.1 Å². The van der Waals surface area contributed by atoms with Gasteiger partial charge in [0.2, 0.25) is 5.78 Å². The number of carbonyl (C=O) groups excluding carboxylic acids is 3. The molecule has 0 unspecified atom stereocenters. The summed E-state index contributed by atoms with van der Waals surface area (Å²) in [5.74, 6) is -8.86. The number of hydrogen-bond donors (Lipinski definition) is 6. The molecule has 4 rings (SSSR count). The Morgan fingerprint density at radius 2 is 1.69 bits per heavy atom. The van der Waals surface area contributed by atoms with Gasteiger partial charge in [0, 0.05) is 11.5 Å². The van der Waals surface area contributed by atoms with Crippen LogP contribution in [0.1, 0.15) is 28.8 Å². The average Bonchev–Trinajstić information content (AvgIpc) is 2.70. The van der Waals surface area contributed by atoms with Crippen LogP contribution in [0.4, 0.5) is 0 Å². The average molecular weight is 535 g/mol. The van der Waals surface area contributed by atoms with Gasteiger partial charge in [0.15, 0.2) is 11.4 Å². The fourth-order valence-electron chi connectivity index (χ4n) is 5.58. The van der Waals surface area contributed by atoms with E-state index < -0.39 is 75.6 Å². The van der Waals surface area contributed by atoms with Crippen molar-refractivity contribution in [1.29, 1.82) is 0 Å². The predicted octanol–water partition coefficient (Wildman–Crippen LogP) is -0.329. The molecule has 13 heteroatoms. The number of carbonyl (C=O) groups is 3. The first-order chi connectivity index (χ1) is 14.9. The Labute approximate surface area is 212 Å². The van der Waals surface area contributed by atoms with E-state index >= 15 is 0 Å². The number of amides is 1. The first-order valence-electron chi connectivity index (χ1n) is 10.0. The second kappa shape index (κ2) is 9.76. The number of phenols is 1. The van der Waals surface area contributed by atoms with Gasteiger partial charge >= 0.3 is 0 Å². The zero-order valence-corrected chi connectivity index (χ0v) is 20.6. The number of benzene rings is 1. The number of nitrogens with zero attached hydrogens (tertiary/aromatic N) is 1. The van der Waals surface area contributed by atoms with E-state index in [-0.39, 0.29) is 41.6 Å². The Kier molecular flexibility index (Phi) is 8.47. The molecule has 0 spiro atoms. The Bertz CT molecular complexity index is 1150. The number of primary amides is 1. The van der Waals surface area contributed by atoms with Crippen molar-refractivity contribution >= 4 is 42.3 Å². The lowest BCUT2D eigenvalue weighted by Gasteiger charge is -2.53. The van der Waals surface area contributed by atoms with Crippen molar-refractivity contribution in [2.24, 2.45) is 17.6 Å². The Hall–Kier alpha value is -2.67. The van der Waals surface area contributed by atoms with Crippen LogP contribution in [-0.2, 0) is 9.59 Å². The highest BCUT2D eigenvalue weighted by molar-refractivity contribution is 6.25. The van der Waals surface area contributed by atoms with Crippen LogP contribution in [0.15, 0.2) is 40.9 Å². The molecule has 3 aliphatic rings. The molecule has 6 atom stereocenters. The maximum Gasteiger partial charge on any atom is 0.255 e. The SMILES string of the molecule is C[C@H]1c2cccc(O)c2C(=O)C2=C(O)[C@]3(O)C(=O)C(C(N)=O)=C(O)[C@@H](N(C)C)[C@@H]3[C@@H](O)[C@@H]21.Cl.Cl.O. The number of phenolic OH excluding ortho intramolecular Hbond substituents is 1. The van der Waals surface area contributed by atoms with Gasteiger partial charge in [-0.2, -0.15) is 0 Å². The number of aliphatic hydroxyl groups excluding tert-OH is 3. The van der Waals surface area contributed by atoms with Crippen LogP contribution in [0, 0.1) is 11.8 Å². The van der Waals surface area contributed by atoms with E-state index in [9.17, 15) is 39.9 Å². The van der Waals surface area contributed by atoms with Crippen molar-refractivity contribution in [1.82, 2.24) is 4.90 Å². The fraction of sp³-hybridized carbons (Fsp3) is 0.409. The van der Waals surface area contributed by atoms with Gasteiger partial charge < -0.3 is 36.7 Å². The van der Waals surface area contributed by atoms with Crippen molar-refractivity contribution in [2.75, 3.05) is 14.1 Å². The van der Waals surface area contributed by atoms with E-state index in [0.29, 0.717) is 5.56 Å². The summed E-state index contributed by atoms with van der Waals surface area (Å²) in [7, 11) is 2.98. The summed E-state index contributed by atoms with van der Waals surface area (Å²) in [5.41, 5.74) is 1.36. The highest BCUT2D eigenvalue weighted by atomic mass is 35.5. The summed E-state index contributed by atoms with van der Waals surface area (Å²) in [6.07, 6.45) is -1.59. The molecular weight excluding hydrogens is 507 g/mol. The van der Waals surface area contributed by atoms with Crippen LogP contribution in [0.25, 0.3) is 0 Å². The number of likely N-dealkylation sites (N-methyl/N-ethyl adjacent to an activating group) is 1. The van der Waals surface area contributed by atoms with Crippen LogP contribution < -0.4 is 5.73 Å². The predicted molar refractivity (Wildman–Crippen MR) is 128 cm³/mol. The van der Waals surface area contributed by atoms with Gasteiger partial charge in [0.25, 0.3) is 5.91 Å². The second-order valence-corrected chi connectivity index (χ2v) is 8.79. The van der Waals surface area contributed by atoms with Crippen LogP contribution in [0.2, 0.25) is 0 Å². The molecule has 9 N–H and O–H groups in total. The fourth-order valence-corrected chi connectivity index (χ4v) is 5.58. The van der Waals surface area contributed by atoms with Crippen molar-refractivity contribution in [3.63, 3.8) is 0 Å². The first kappa shape index (κ1) is 30.4. The van der Waals surface area contributed by atoms with Crippen LogP contribution in [0.3, 0.4) is 0 Å². The quantitative estimate of drug-likeness (QED) is 0.273. The van der Waals surface area contributed by atoms with E-state index in [2.05, 4.69) is 0 Å². The molecular formula is C22H28Cl2N2O9. The van der Waals surface area contributed by atoms with Gasteiger partial charge in [-0.15, -0.1) is 24.8 Å². The summed E-state index contributed by atoms with van der Waals surface area (Å²) >= 11 is 0. The molecule has 0 saturated carbocycles.